The van der Waals surface area contributed by atoms with Crippen molar-refractivity contribution in [1.29, 1.82) is 0 Å². The summed E-state index contributed by atoms with van der Waals surface area (Å²) < 4.78 is 19.0. The summed E-state index contributed by atoms with van der Waals surface area (Å²) in [6.07, 6.45) is 0.166. The molecule has 6 nitrogen and oxygen atoms in total. The van der Waals surface area contributed by atoms with E-state index in [2.05, 4.69) is 10.2 Å². The number of amides is 2. The van der Waals surface area contributed by atoms with Crippen molar-refractivity contribution in [3.05, 3.63) is 29.6 Å². The van der Waals surface area contributed by atoms with Gasteiger partial charge >= 0.3 is 0 Å². The van der Waals surface area contributed by atoms with Crippen LogP contribution in [0.1, 0.15) is 12.0 Å². The van der Waals surface area contributed by atoms with E-state index in [4.69, 9.17) is 4.74 Å². The largest absolute Gasteiger partial charge is 0.379 e. The fraction of sp³-hybridized carbons (Fsp3) is 0.556. The quantitative estimate of drug-likeness (QED) is 0.859. The second kappa shape index (κ2) is 7.93. The summed E-state index contributed by atoms with van der Waals surface area (Å²) >= 11 is 0. The molecule has 0 aliphatic carbocycles. The van der Waals surface area contributed by atoms with Crippen molar-refractivity contribution in [2.45, 2.75) is 13.3 Å². The fourth-order valence-corrected chi connectivity index (χ4v) is 3.19. The zero-order valence-corrected chi connectivity index (χ0v) is 14.5. The summed E-state index contributed by atoms with van der Waals surface area (Å²) in [4.78, 5) is 28.3. The molecule has 25 heavy (non-hydrogen) atoms. The molecular weight excluding hydrogens is 325 g/mol. The molecule has 0 saturated carbocycles. The summed E-state index contributed by atoms with van der Waals surface area (Å²) in [5, 5.41) is 2.91. The number of rotatable bonds is 5. The van der Waals surface area contributed by atoms with Gasteiger partial charge in [0.2, 0.25) is 11.8 Å². The Morgan fingerprint density at radius 2 is 2.12 bits per heavy atom. The third kappa shape index (κ3) is 4.35. The topological polar surface area (TPSA) is 61.9 Å². The normalized spacial score (nSPS) is 21.6. The molecule has 0 aromatic heterocycles. The first kappa shape index (κ1) is 17.8. The van der Waals surface area contributed by atoms with E-state index in [0.717, 1.165) is 32.8 Å². The lowest BCUT2D eigenvalue weighted by Gasteiger charge is -2.26. The molecule has 2 aliphatic rings. The molecule has 2 saturated heterocycles. The lowest BCUT2D eigenvalue weighted by atomic mass is 10.1. The van der Waals surface area contributed by atoms with Crippen molar-refractivity contribution in [3.8, 4) is 0 Å². The van der Waals surface area contributed by atoms with Crippen LogP contribution in [0.15, 0.2) is 18.2 Å². The van der Waals surface area contributed by atoms with Crippen molar-refractivity contribution >= 4 is 17.5 Å². The van der Waals surface area contributed by atoms with E-state index in [1.807, 2.05) is 0 Å². The van der Waals surface area contributed by atoms with Crippen molar-refractivity contribution in [3.63, 3.8) is 0 Å². The highest BCUT2D eigenvalue weighted by Gasteiger charge is 2.35. The highest BCUT2D eigenvalue weighted by atomic mass is 19.1. The third-order valence-corrected chi connectivity index (χ3v) is 4.79. The second-order valence-electron chi connectivity index (χ2n) is 6.58. The van der Waals surface area contributed by atoms with Gasteiger partial charge < -0.3 is 15.0 Å². The molecule has 3 rings (SSSR count). The number of hydrogen-bond acceptors (Lipinski definition) is 4. The number of aryl methyl sites for hydroxylation is 1. The first-order chi connectivity index (χ1) is 12.0. The zero-order valence-electron chi connectivity index (χ0n) is 14.5. The standard InChI is InChI=1S/C18H24FN3O3/c1-13-2-3-15(11-16(13)19)22-12-14(10-17(22)23)18(24)20-4-5-21-6-8-25-9-7-21/h2-3,11,14H,4-10,12H2,1H3,(H,20,24)/t14-/m1/s1. The number of carbonyl (C=O) groups is 2. The molecule has 2 aliphatic heterocycles. The number of ether oxygens (including phenoxy) is 1. The Balaban J connectivity index is 1.50. The van der Waals surface area contributed by atoms with Gasteiger partial charge in [0.25, 0.3) is 0 Å². The Hall–Kier alpha value is -1.99. The fourth-order valence-electron chi connectivity index (χ4n) is 3.19. The molecule has 0 unspecified atom stereocenters. The molecule has 1 atom stereocenters. The maximum Gasteiger partial charge on any atom is 0.227 e. The van der Waals surface area contributed by atoms with Gasteiger partial charge in [-0.15, -0.1) is 0 Å². The SMILES string of the molecule is Cc1ccc(N2C[C@H](C(=O)NCCN3CCOCC3)CC2=O)cc1F. The second-order valence-corrected chi connectivity index (χ2v) is 6.58. The van der Waals surface area contributed by atoms with Crippen LogP contribution < -0.4 is 10.2 Å². The van der Waals surface area contributed by atoms with E-state index in [0.29, 0.717) is 24.3 Å². The molecule has 0 bridgehead atoms. The average Bonchev–Trinajstić information content (AvgIpc) is 3.00. The highest BCUT2D eigenvalue weighted by Crippen LogP contribution is 2.26. The van der Waals surface area contributed by atoms with Crippen LogP contribution in [0.25, 0.3) is 0 Å². The molecule has 1 N–H and O–H groups in total. The summed E-state index contributed by atoms with van der Waals surface area (Å²) in [6, 6.07) is 4.72. The van der Waals surface area contributed by atoms with E-state index in [9.17, 15) is 14.0 Å². The van der Waals surface area contributed by atoms with E-state index in [1.54, 1.807) is 19.1 Å². The molecular formula is C18H24FN3O3. The number of nitrogens with zero attached hydrogens (tertiary/aromatic N) is 2. The summed E-state index contributed by atoms with van der Waals surface area (Å²) in [5.74, 6) is -0.987. The van der Waals surface area contributed by atoms with Gasteiger partial charge in [-0.1, -0.05) is 6.07 Å². The van der Waals surface area contributed by atoms with Crippen LogP contribution in [0.4, 0.5) is 10.1 Å². The molecule has 7 heteroatoms. The number of nitrogens with one attached hydrogen (secondary N) is 1. The highest BCUT2D eigenvalue weighted by molar-refractivity contribution is 6.00. The summed E-state index contributed by atoms with van der Waals surface area (Å²) in [6.45, 7) is 6.53. The van der Waals surface area contributed by atoms with Gasteiger partial charge in [0.05, 0.1) is 19.1 Å². The maximum atomic E-state index is 13.7. The Labute approximate surface area is 146 Å². The zero-order chi connectivity index (χ0) is 17.8. The lowest BCUT2D eigenvalue weighted by molar-refractivity contribution is -0.126. The van der Waals surface area contributed by atoms with Crippen LogP contribution in [-0.2, 0) is 14.3 Å². The number of morpholine rings is 1. The van der Waals surface area contributed by atoms with Crippen molar-refractivity contribution in [1.82, 2.24) is 10.2 Å². The number of carbonyl (C=O) groups excluding carboxylic acids is 2. The van der Waals surface area contributed by atoms with Crippen molar-refractivity contribution in [2.24, 2.45) is 5.92 Å². The van der Waals surface area contributed by atoms with E-state index in [-0.39, 0.29) is 30.0 Å². The molecule has 0 radical (unpaired) electrons. The van der Waals surface area contributed by atoms with Crippen molar-refractivity contribution in [2.75, 3.05) is 50.8 Å². The first-order valence-electron chi connectivity index (χ1n) is 8.69. The molecule has 2 fully saturated rings. The molecule has 0 spiro atoms. The summed E-state index contributed by atoms with van der Waals surface area (Å²) in [7, 11) is 0. The minimum absolute atomic E-state index is 0.114. The Bertz CT molecular complexity index is 646. The van der Waals surface area contributed by atoms with Crippen LogP contribution in [0.5, 0.6) is 0 Å². The van der Waals surface area contributed by atoms with E-state index >= 15 is 0 Å². The van der Waals surface area contributed by atoms with Gasteiger partial charge in [-0.25, -0.2) is 4.39 Å². The van der Waals surface area contributed by atoms with E-state index in [1.165, 1.54) is 11.0 Å². The molecule has 2 heterocycles. The first-order valence-corrected chi connectivity index (χ1v) is 8.69. The van der Waals surface area contributed by atoms with Gasteiger partial charge in [-0.2, -0.15) is 0 Å². The predicted octanol–water partition coefficient (Wildman–Crippen LogP) is 0.935. The number of benzene rings is 1. The van der Waals surface area contributed by atoms with Crippen molar-refractivity contribution < 1.29 is 18.7 Å². The monoisotopic (exact) mass is 349 g/mol. The predicted molar refractivity (Wildman–Crippen MR) is 91.9 cm³/mol. The van der Waals surface area contributed by atoms with Crippen LogP contribution in [0.3, 0.4) is 0 Å². The smallest absolute Gasteiger partial charge is 0.227 e. The Morgan fingerprint density at radius 3 is 2.84 bits per heavy atom. The van der Waals surface area contributed by atoms with E-state index < -0.39 is 0 Å². The van der Waals surface area contributed by atoms with Crippen LogP contribution in [-0.4, -0.2) is 62.7 Å². The van der Waals surface area contributed by atoms with Gasteiger partial charge in [0, 0.05) is 44.8 Å². The van der Waals surface area contributed by atoms with Crippen LogP contribution in [0.2, 0.25) is 0 Å². The summed E-state index contributed by atoms with van der Waals surface area (Å²) in [5.41, 5.74) is 1.05. The van der Waals surface area contributed by atoms with Gasteiger partial charge in [0.15, 0.2) is 0 Å². The lowest BCUT2D eigenvalue weighted by Crippen LogP contribution is -2.42. The molecule has 1 aromatic carbocycles. The number of anilines is 1. The van der Waals surface area contributed by atoms with Gasteiger partial charge in [0.1, 0.15) is 5.82 Å². The third-order valence-electron chi connectivity index (χ3n) is 4.79. The van der Waals surface area contributed by atoms with Gasteiger partial charge in [-0.3, -0.25) is 14.5 Å². The molecule has 1 aromatic rings. The molecule has 2 amide bonds. The Kier molecular flexibility index (Phi) is 5.65. The Morgan fingerprint density at radius 1 is 1.36 bits per heavy atom. The maximum absolute atomic E-state index is 13.7. The minimum Gasteiger partial charge on any atom is -0.379 e. The minimum atomic E-state index is -0.387. The number of halogens is 1. The molecule has 136 valence electrons. The van der Waals surface area contributed by atoms with Crippen LogP contribution >= 0.6 is 0 Å². The average molecular weight is 349 g/mol. The number of hydrogen-bond donors (Lipinski definition) is 1. The van der Waals surface area contributed by atoms with Gasteiger partial charge in [-0.05, 0) is 24.6 Å². The van der Waals surface area contributed by atoms with Crippen LogP contribution in [0, 0.1) is 18.7 Å².